The van der Waals surface area contributed by atoms with Gasteiger partial charge in [-0.05, 0) is 30.9 Å². The Morgan fingerprint density at radius 3 is 2.27 bits per heavy atom. The number of benzene rings is 1. The number of anilines is 1. The van der Waals surface area contributed by atoms with Crippen LogP contribution in [0.2, 0.25) is 0 Å². The van der Waals surface area contributed by atoms with Gasteiger partial charge in [-0.25, -0.2) is 9.78 Å². The molecule has 30 heavy (non-hydrogen) atoms. The fourth-order valence-electron chi connectivity index (χ4n) is 3.54. The topological polar surface area (TPSA) is 90.9 Å². The molecule has 160 valence electrons. The molecule has 0 radical (unpaired) electrons. The van der Waals surface area contributed by atoms with Gasteiger partial charge in [0.2, 0.25) is 5.91 Å². The van der Waals surface area contributed by atoms with Gasteiger partial charge in [-0.3, -0.25) is 18.7 Å². The Hall–Kier alpha value is -2.81. The molecule has 0 aliphatic heterocycles. The van der Waals surface area contributed by atoms with Crippen LogP contribution in [0, 0.1) is 0 Å². The Bertz CT molecular complexity index is 1200. The first-order valence-corrected chi connectivity index (χ1v) is 11.0. The molecular weight excluding hydrogens is 402 g/mol. The number of rotatable bonds is 7. The molecule has 2 heterocycles. The summed E-state index contributed by atoms with van der Waals surface area (Å²) in [4.78, 5) is 42.0. The summed E-state index contributed by atoms with van der Waals surface area (Å²) in [5.41, 5.74) is 2.98. The van der Waals surface area contributed by atoms with Gasteiger partial charge in [-0.1, -0.05) is 43.8 Å². The lowest BCUT2D eigenvalue weighted by molar-refractivity contribution is -0.113. The molecule has 9 heteroatoms. The molecule has 1 N–H and O–H groups in total. The van der Waals surface area contributed by atoms with Crippen LogP contribution in [-0.2, 0) is 38.3 Å². The number of thioether (sulfide) groups is 1. The maximum Gasteiger partial charge on any atom is 0.332 e. The SMILES string of the molecule is CCc1cccc(CC)c1NC(=O)CSc1nc2c(c(=O)n(C)c(=O)n2C)n1CC. The molecule has 3 rings (SSSR count). The summed E-state index contributed by atoms with van der Waals surface area (Å²) in [5, 5.41) is 3.59. The molecule has 0 fully saturated rings. The van der Waals surface area contributed by atoms with E-state index in [1.807, 2.05) is 25.1 Å². The number of nitrogens with one attached hydrogen (secondary N) is 1. The third-order valence-corrected chi connectivity index (χ3v) is 6.20. The maximum atomic E-state index is 12.7. The molecular formula is C21H27N5O3S. The molecule has 3 aromatic rings. The highest BCUT2D eigenvalue weighted by Crippen LogP contribution is 2.25. The van der Waals surface area contributed by atoms with Gasteiger partial charge in [0.25, 0.3) is 5.56 Å². The number of hydrogen-bond donors (Lipinski definition) is 1. The van der Waals surface area contributed by atoms with E-state index in [1.165, 1.54) is 23.4 Å². The number of imidazole rings is 1. The number of aromatic nitrogens is 4. The van der Waals surface area contributed by atoms with Crippen molar-refractivity contribution in [3.8, 4) is 0 Å². The number of carbonyl (C=O) groups excluding carboxylic acids is 1. The van der Waals surface area contributed by atoms with Crippen LogP contribution >= 0.6 is 11.8 Å². The number of nitrogens with zero attached hydrogens (tertiary/aromatic N) is 4. The Morgan fingerprint density at radius 2 is 1.70 bits per heavy atom. The van der Waals surface area contributed by atoms with Crippen molar-refractivity contribution in [1.82, 2.24) is 18.7 Å². The third-order valence-electron chi connectivity index (χ3n) is 5.22. The number of amides is 1. The van der Waals surface area contributed by atoms with E-state index in [9.17, 15) is 14.4 Å². The minimum atomic E-state index is -0.425. The standard InChI is InChI=1S/C21H27N5O3S/c1-6-13-10-9-11-14(7-2)16(13)22-15(27)12-30-20-23-18-17(26(20)8-3)19(28)25(5)21(29)24(18)4/h9-11H,6-8,12H2,1-5H3,(H,22,27). The summed E-state index contributed by atoms with van der Waals surface area (Å²) in [6.07, 6.45) is 1.67. The molecule has 0 aliphatic rings. The predicted octanol–water partition coefficient (Wildman–Crippen LogP) is 2.31. The molecule has 0 bridgehead atoms. The van der Waals surface area contributed by atoms with Gasteiger partial charge in [-0.15, -0.1) is 0 Å². The second-order valence-corrected chi connectivity index (χ2v) is 7.95. The zero-order valence-electron chi connectivity index (χ0n) is 18.0. The molecule has 0 aliphatic carbocycles. The molecule has 0 unspecified atom stereocenters. The van der Waals surface area contributed by atoms with Crippen LogP contribution in [-0.4, -0.2) is 30.3 Å². The van der Waals surface area contributed by atoms with Crippen molar-refractivity contribution < 1.29 is 4.79 Å². The molecule has 0 spiro atoms. The van der Waals surface area contributed by atoms with Crippen LogP contribution in [0.4, 0.5) is 5.69 Å². The quantitative estimate of drug-likeness (QED) is 0.582. The van der Waals surface area contributed by atoms with Crippen LogP contribution < -0.4 is 16.6 Å². The summed E-state index contributed by atoms with van der Waals surface area (Å²) in [6.45, 7) is 6.54. The summed E-state index contributed by atoms with van der Waals surface area (Å²) < 4.78 is 4.19. The van der Waals surface area contributed by atoms with Crippen LogP contribution in [0.25, 0.3) is 11.2 Å². The Kier molecular flexibility index (Phi) is 6.50. The second kappa shape index (κ2) is 8.91. The molecule has 0 saturated carbocycles. The van der Waals surface area contributed by atoms with Gasteiger partial charge in [0.1, 0.15) is 0 Å². The normalized spacial score (nSPS) is 11.2. The molecule has 0 atom stereocenters. The van der Waals surface area contributed by atoms with Crippen molar-refractivity contribution in [1.29, 1.82) is 0 Å². The van der Waals surface area contributed by atoms with Crippen molar-refractivity contribution >= 4 is 34.5 Å². The van der Waals surface area contributed by atoms with Crippen molar-refractivity contribution in [2.24, 2.45) is 14.1 Å². The van der Waals surface area contributed by atoms with Gasteiger partial charge >= 0.3 is 5.69 Å². The number of fused-ring (bicyclic) bond motifs is 1. The largest absolute Gasteiger partial charge is 0.332 e. The molecule has 1 aromatic carbocycles. The van der Waals surface area contributed by atoms with Gasteiger partial charge < -0.3 is 9.88 Å². The highest BCUT2D eigenvalue weighted by molar-refractivity contribution is 7.99. The number of aryl methyl sites for hydroxylation is 4. The lowest BCUT2D eigenvalue weighted by Crippen LogP contribution is -2.37. The van der Waals surface area contributed by atoms with E-state index in [0.29, 0.717) is 22.9 Å². The van der Waals surface area contributed by atoms with Crippen molar-refractivity contribution in [3.63, 3.8) is 0 Å². The first kappa shape index (κ1) is 21.9. The van der Waals surface area contributed by atoms with Gasteiger partial charge in [0.15, 0.2) is 16.3 Å². The van der Waals surface area contributed by atoms with E-state index in [-0.39, 0.29) is 17.2 Å². The van der Waals surface area contributed by atoms with Crippen molar-refractivity contribution in [3.05, 3.63) is 50.2 Å². The third kappa shape index (κ3) is 3.81. The van der Waals surface area contributed by atoms with Crippen molar-refractivity contribution in [2.45, 2.75) is 45.3 Å². The Balaban J connectivity index is 1.89. The summed E-state index contributed by atoms with van der Waals surface area (Å²) >= 11 is 1.26. The molecule has 2 aromatic heterocycles. The summed E-state index contributed by atoms with van der Waals surface area (Å²) in [6, 6.07) is 6.06. The average Bonchev–Trinajstić information content (AvgIpc) is 3.13. The Labute approximate surface area is 178 Å². The van der Waals surface area contributed by atoms with Crippen LogP contribution in [0.5, 0.6) is 0 Å². The number of hydrogen-bond acceptors (Lipinski definition) is 5. The zero-order chi connectivity index (χ0) is 22.0. The molecule has 8 nitrogen and oxygen atoms in total. The van der Waals surface area contributed by atoms with E-state index in [2.05, 4.69) is 24.1 Å². The first-order valence-electron chi connectivity index (χ1n) is 10.0. The van der Waals surface area contributed by atoms with Gasteiger partial charge in [0, 0.05) is 26.3 Å². The highest BCUT2D eigenvalue weighted by atomic mass is 32.2. The minimum Gasteiger partial charge on any atom is -0.325 e. The van der Waals surface area contributed by atoms with E-state index in [0.717, 1.165) is 34.2 Å². The number of carbonyl (C=O) groups is 1. The van der Waals surface area contributed by atoms with E-state index >= 15 is 0 Å². The van der Waals surface area contributed by atoms with Gasteiger partial charge in [-0.2, -0.15) is 0 Å². The fraction of sp³-hybridized carbons (Fsp3) is 0.429. The minimum absolute atomic E-state index is 0.132. The first-order chi connectivity index (χ1) is 14.3. The number of para-hydroxylation sites is 1. The van der Waals surface area contributed by atoms with Crippen LogP contribution in [0.15, 0.2) is 32.9 Å². The fourth-order valence-corrected chi connectivity index (χ4v) is 4.40. The maximum absolute atomic E-state index is 12.7. The van der Waals surface area contributed by atoms with E-state index in [1.54, 1.807) is 11.6 Å². The van der Waals surface area contributed by atoms with Crippen LogP contribution in [0.1, 0.15) is 31.9 Å². The highest BCUT2D eigenvalue weighted by Gasteiger charge is 2.19. The zero-order valence-corrected chi connectivity index (χ0v) is 18.8. The Morgan fingerprint density at radius 1 is 1.07 bits per heavy atom. The lowest BCUT2D eigenvalue weighted by Gasteiger charge is -2.14. The predicted molar refractivity (Wildman–Crippen MR) is 120 cm³/mol. The second-order valence-electron chi connectivity index (χ2n) is 7.01. The summed E-state index contributed by atoms with van der Waals surface area (Å²) in [5.74, 6) is 0.0193. The molecule has 0 saturated heterocycles. The monoisotopic (exact) mass is 429 g/mol. The smallest absolute Gasteiger partial charge is 0.325 e. The molecule has 1 amide bonds. The van der Waals surface area contributed by atoms with Gasteiger partial charge in [0.05, 0.1) is 5.75 Å². The van der Waals surface area contributed by atoms with E-state index < -0.39 is 5.69 Å². The van der Waals surface area contributed by atoms with E-state index in [4.69, 9.17) is 0 Å². The summed E-state index contributed by atoms with van der Waals surface area (Å²) in [7, 11) is 3.04. The van der Waals surface area contributed by atoms with Crippen molar-refractivity contribution in [2.75, 3.05) is 11.1 Å². The lowest BCUT2D eigenvalue weighted by atomic mass is 10.0. The van der Waals surface area contributed by atoms with Crippen LogP contribution in [0.3, 0.4) is 0 Å². The average molecular weight is 430 g/mol.